The molecule has 1 aromatic carbocycles. The fourth-order valence-corrected chi connectivity index (χ4v) is 2.95. The summed E-state index contributed by atoms with van der Waals surface area (Å²) in [6.45, 7) is 1.89. The van der Waals surface area contributed by atoms with Crippen molar-refractivity contribution in [3.63, 3.8) is 0 Å². The summed E-state index contributed by atoms with van der Waals surface area (Å²) in [6, 6.07) is 3.77. The fourth-order valence-electron chi connectivity index (χ4n) is 2.95. The van der Waals surface area contributed by atoms with E-state index in [1.54, 1.807) is 12.2 Å². The quantitative estimate of drug-likeness (QED) is 0.461. The number of aliphatic hydroxyl groups is 3. The average molecular weight is 408 g/mol. The van der Waals surface area contributed by atoms with Crippen LogP contribution in [0.5, 0.6) is 11.5 Å². The third-order valence-electron chi connectivity index (χ3n) is 4.42. The van der Waals surface area contributed by atoms with Crippen molar-refractivity contribution in [3.05, 3.63) is 40.5 Å². The predicted molar refractivity (Wildman–Crippen MR) is 98.4 cm³/mol. The van der Waals surface area contributed by atoms with Crippen LogP contribution in [0.3, 0.4) is 0 Å². The second-order valence-electron chi connectivity index (χ2n) is 6.50. The molecule has 1 fully saturated rings. The third-order valence-corrected chi connectivity index (χ3v) is 4.42. The Kier molecular flexibility index (Phi) is 5.89. The van der Waals surface area contributed by atoms with Gasteiger partial charge in [-0.3, -0.25) is 0 Å². The molecule has 1 aromatic heterocycles. The SMILES string of the molecule is CC/C=C/c1cc2c(OC3OC(C(=O)O)C(O)C(O)C3O)cc(O)cc2c(=O)o1. The van der Waals surface area contributed by atoms with Crippen molar-refractivity contribution in [2.75, 3.05) is 0 Å². The summed E-state index contributed by atoms with van der Waals surface area (Å²) in [4.78, 5) is 23.5. The number of hydrogen-bond acceptors (Lipinski definition) is 9. The maximum atomic E-state index is 12.3. The lowest BCUT2D eigenvalue weighted by atomic mass is 9.99. The van der Waals surface area contributed by atoms with E-state index in [-0.39, 0.29) is 28.0 Å². The smallest absolute Gasteiger partial charge is 0.344 e. The number of phenolic OH excluding ortho intramolecular Hbond substituents is 1. The van der Waals surface area contributed by atoms with E-state index in [2.05, 4.69) is 0 Å². The molecule has 1 saturated heterocycles. The lowest BCUT2D eigenvalue weighted by Crippen LogP contribution is -2.61. The van der Waals surface area contributed by atoms with Crippen LogP contribution in [0, 0.1) is 0 Å². The monoisotopic (exact) mass is 408 g/mol. The number of aromatic hydroxyl groups is 1. The highest BCUT2D eigenvalue weighted by atomic mass is 16.7. The van der Waals surface area contributed by atoms with Crippen molar-refractivity contribution in [2.45, 2.75) is 44.1 Å². The number of ether oxygens (including phenoxy) is 2. The number of carbonyl (C=O) groups is 1. The van der Waals surface area contributed by atoms with Crippen molar-refractivity contribution in [3.8, 4) is 11.5 Å². The van der Waals surface area contributed by atoms with Gasteiger partial charge in [0.25, 0.3) is 0 Å². The number of aliphatic hydroxyl groups excluding tert-OH is 3. The lowest BCUT2D eigenvalue weighted by Gasteiger charge is -2.38. The molecule has 0 radical (unpaired) electrons. The zero-order valence-electron chi connectivity index (χ0n) is 15.3. The Bertz CT molecular complexity index is 994. The van der Waals surface area contributed by atoms with E-state index >= 15 is 0 Å². The van der Waals surface area contributed by atoms with Crippen LogP contribution in [0.2, 0.25) is 0 Å². The molecule has 5 unspecified atom stereocenters. The number of aliphatic carboxylic acids is 1. The van der Waals surface area contributed by atoms with Gasteiger partial charge in [-0.1, -0.05) is 13.0 Å². The minimum Gasteiger partial charge on any atom is -0.508 e. The van der Waals surface area contributed by atoms with Gasteiger partial charge in [0.1, 0.15) is 35.6 Å². The van der Waals surface area contributed by atoms with E-state index in [0.29, 0.717) is 6.42 Å². The van der Waals surface area contributed by atoms with Crippen molar-refractivity contribution in [1.29, 1.82) is 0 Å². The Morgan fingerprint density at radius 3 is 2.52 bits per heavy atom. The first-order chi connectivity index (χ1) is 13.7. The van der Waals surface area contributed by atoms with E-state index in [1.165, 1.54) is 6.07 Å². The Labute approximate surface area is 163 Å². The minimum absolute atomic E-state index is 0.0192. The predicted octanol–water partition coefficient (Wildman–Crippen LogP) is 0.193. The molecule has 10 heteroatoms. The second-order valence-corrected chi connectivity index (χ2v) is 6.50. The van der Waals surface area contributed by atoms with Crippen LogP contribution in [0.1, 0.15) is 19.1 Å². The van der Waals surface area contributed by atoms with E-state index in [9.17, 15) is 30.0 Å². The van der Waals surface area contributed by atoms with Crippen molar-refractivity contribution in [1.82, 2.24) is 0 Å². The molecule has 29 heavy (non-hydrogen) atoms. The molecule has 2 aromatic rings. The Morgan fingerprint density at radius 2 is 1.86 bits per heavy atom. The molecule has 1 aliphatic heterocycles. The molecule has 5 atom stereocenters. The van der Waals surface area contributed by atoms with Crippen LogP contribution in [0.4, 0.5) is 0 Å². The van der Waals surface area contributed by atoms with Gasteiger partial charge in [0.05, 0.1) is 5.39 Å². The first kappa shape index (κ1) is 20.8. The number of allylic oxidation sites excluding steroid dienone is 1. The van der Waals surface area contributed by atoms with E-state index in [1.807, 2.05) is 6.92 Å². The summed E-state index contributed by atoms with van der Waals surface area (Å²) < 4.78 is 15.7. The Morgan fingerprint density at radius 1 is 1.14 bits per heavy atom. The molecule has 0 saturated carbocycles. The summed E-state index contributed by atoms with van der Waals surface area (Å²) in [7, 11) is 0. The van der Waals surface area contributed by atoms with Gasteiger partial charge in [0, 0.05) is 11.5 Å². The molecule has 10 nitrogen and oxygen atoms in total. The molecular weight excluding hydrogens is 388 g/mol. The summed E-state index contributed by atoms with van der Waals surface area (Å²) in [5.74, 6) is -1.82. The number of carboxylic acid groups (broad SMARTS) is 1. The molecule has 5 N–H and O–H groups in total. The molecule has 156 valence electrons. The number of phenols is 1. The number of hydrogen-bond donors (Lipinski definition) is 5. The van der Waals surface area contributed by atoms with Gasteiger partial charge in [-0.15, -0.1) is 0 Å². The molecule has 1 aliphatic rings. The van der Waals surface area contributed by atoms with Gasteiger partial charge >= 0.3 is 11.6 Å². The van der Waals surface area contributed by atoms with Crippen molar-refractivity contribution in [2.24, 2.45) is 0 Å². The van der Waals surface area contributed by atoms with Gasteiger partial charge in [0.15, 0.2) is 6.10 Å². The number of fused-ring (bicyclic) bond motifs is 1. The summed E-state index contributed by atoms with van der Waals surface area (Å²) in [6.07, 6.45) is -5.04. The van der Waals surface area contributed by atoms with Gasteiger partial charge in [-0.05, 0) is 24.6 Å². The van der Waals surface area contributed by atoms with Crippen LogP contribution in [0.25, 0.3) is 16.8 Å². The first-order valence-electron chi connectivity index (χ1n) is 8.79. The molecule has 0 aliphatic carbocycles. The Hall–Kier alpha value is -2.92. The highest BCUT2D eigenvalue weighted by Crippen LogP contribution is 2.33. The van der Waals surface area contributed by atoms with Crippen LogP contribution in [-0.4, -0.2) is 62.2 Å². The molecule has 3 rings (SSSR count). The Balaban J connectivity index is 2.04. The number of benzene rings is 1. The molecule has 0 spiro atoms. The van der Waals surface area contributed by atoms with Crippen LogP contribution >= 0.6 is 0 Å². The van der Waals surface area contributed by atoms with Gasteiger partial charge in [-0.25, -0.2) is 9.59 Å². The van der Waals surface area contributed by atoms with Crippen LogP contribution in [0.15, 0.2) is 33.5 Å². The molecule has 0 bridgehead atoms. The summed E-state index contributed by atoms with van der Waals surface area (Å²) in [5.41, 5.74) is -0.747. The van der Waals surface area contributed by atoms with E-state index in [4.69, 9.17) is 19.0 Å². The lowest BCUT2D eigenvalue weighted by molar-refractivity contribution is -0.270. The van der Waals surface area contributed by atoms with Crippen molar-refractivity contribution < 1.29 is 44.2 Å². The topological polar surface area (TPSA) is 167 Å². The standard InChI is InChI=1S/C19H20O10/c1-2-3-4-9-7-10-11(18(26)27-9)5-8(20)6-12(10)28-19-15(23)13(21)14(22)16(29-19)17(24)25/h3-7,13-16,19-23H,2H2,1H3,(H,24,25)/b4-3+. The first-order valence-corrected chi connectivity index (χ1v) is 8.79. The van der Waals surface area contributed by atoms with E-state index in [0.717, 1.165) is 12.1 Å². The maximum absolute atomic E-state index is 12.3. The highest BCUT2D eigenvalue weighted by molar-refractivity contribution is 5.89. The normalized spacial score (nSPS) is 27.4. The van der Waals surface area contributed by atoms with Gasteiger partial charge in [0.2, 0.25) is 6.29 Å². The molecular formula is C19H20O10. The van der Waals surface area contributed by atoms with Gasteiger partial charge in [-0.2, -0.15) is 0 Å². The van der Waals surface area contributed by atoms with E-state index < -0.39 is 42.3 Å². The average Bonchev–Trinajstić information content (AvgIpc) is 2.67. The second kappa shape index (κ2) is 8.21. The largest absolute Gasteiger partial charge is 0.508 e. The summed E-state index contributed by atoms with van der Waals surface area (Å²) in [5, 5.41) is 49.0. The highest BCUT2D eigenvalue weighted by Gasteiger charge is 2.48. The number of carboxylic acids is 1. The number of rotatable bonds is 5. The molecule has 0 amide bonds. The minimum atomic E-state index is -1.87. The summed E-state index contributed by atoms with van der Waals surface area (Å²) >= 11 is 0. The van der Waals surface area contributed by atoms with Crippen LogP contribution in [-0.2, 0) is 9.53 Å². The molecule has 2 heterocycles. The fraction of sp³-hybridized carbons (Fsp3) is 0.368. The maximum Gasteiger partial charge on any atom is 0.344 e. The van der Waals surface area contributed by atoms with Crippen LogP contribution < -0.4 is 10.4 Å². The third kappa shape index (κ3) is 4.10. The van der Waals surface area contributed by atoms with Crippen molar-refractivity contribution >= 4 is 22.8 Å². The zero-order valence-corrected chi connectivity index (χ0v) is 15.3. The van der Waals surface area contributed by atoms with Gasteiger partial charge < -0.3 is 39.4 Å². The zero-order chi connectivity index (χ0) is 21.3.